The van der Waals surface area contributed by atoms with Gasteiger partial charge in [-0.1, -0.05) is 63.8 Å². The summed E-state index contributed by atoms with van der Waals surface area (Å²) in [6.07, 6.45) is 4.86. The number of hydrogen-bond donors (Lipinski definition) is 4. The number of carbonyl (C=O) groups is 4. The van der Waals surface area contributed by atoms with E-state index in [1.54, 1.807) is 12.1 Å². The lowest BCUT2D eigenvalue weighted by molar-refractivity contribution is 0.0650. The van der Waals surface area contributed by atoms with Crippen molar-refractivity contribution in [2.24, 2.45) is 5.92 Å². The molecule has 2 aromatic rings. The van der Waals surface area contributed by atoms with Gasteiger partial charge < -0.3 is 20.4 Å². The van der Waals surface area contributed by atoms with Crippen molar-refractivity contribution in [2.75, 3.05) is 0 Å². The second-order valence-corrected chi connectivity index (χ2v) is 7.23. The standard InChI is InChI=1S/C16H22O4.C8H6O4/c1-3-5-7-11(4-2)10-12-8-6-9-13(15(17)18)14(12)16(19)20;9-7(10)5-3-1-2-4-6(5)8(11)12/h6,8-9,11H,3-5,7,10H2,1-2H3,(H,17,18)(H,19,20);1-4H,(H,9,10)(H,11,12). The fourth-order valence-electron chi connectivity index (χ4n) is 3.31. The van der Waals surface area contributed by atoms with Crippen molar-refractivity contribution >= 4 is 23.9 Å². The summed E-state index contributed by atoms with van der Waals surface area (Å²) in [6.45, 7) is 4.21. The summed E-state index contributed by atoms with van der Waals surface area (Å²) in [5.41, 5.74) is 0.0608. The molecule has 32 heavy (non-hydrogen) atoms. The van der Waals surface area contributed by atoms with E-state index in [0.29, 0.717) is 17.9 Å². The first-order valence-electron chi connectivity index (χ1n) is 10.3. The topological polar surface area (TPSA) is 149 Å². The number of hydrogen-bond acceptors (Lipinski definition) is 4. The van der Waals surface area contributed by atoms with Crippen LogP contribution in [0.2, 0.25) is 0 Å². The molecule has 0 spiro atoms. The van der Waals surface area contributed by atoms with Crippen LogP contribution in [0.3, 0.4) is 0 Å². The molecule has 0 amide bonds. The van der Waals surface area contributed by atoms with Crippen molar-refractivity contribution in [2.45, 2.75) is 46.0 Å². The molecule has 0 saturated heterocycles. The molecule has 1 unspecified atom stereocenters. The average molecular weight is 444 g/mol. The van der Waals surface area contributed by atoms with Gasteiger partial charge in [-0.3, -0.25) is 0 Å². The molecule has 0 aliphatic heterocycles. The first-order chi connectivity index (χ1) is 15.1. The molecule has 2 rings (SSSR count). The van der Waals surface area contributed by atoms with Gasteiger partial charge in [0.15, 0.2) is 0 Å². The van der Waals surface area contributed by atoms with Crippen LogP contribution in [0.15, 0.2) is 42.5 Å². The number of unbranched alkanes of at least 4 members (excludes halogenated alkanes) is 1. The molecule has 4 N–H and O–H groups in total. The van der Waals surface area contributed by atoms with Crippen molar-refractivity contribution < 1.29 is 39.6 Å². The Labute approximate surface area is 186 Å². The maximum Gasteiger partial charge on any atom is 0.336 e. The highest BCUT2D eigenvalue weighted by atomic mass is 16.4. The summed E-state index contributed by atoms with van der Waals surface area (Å²) in [4.78, 5) is 43.4. The van der Waals surface area contributed by atoms with E-state index in [2.05, 4.69) is 13.8 Å². The average Bonchev–Trinajstić information content (AvgIpc) is 2.76. The van der Waals surface area contributed by atoms with Crippen LogP contribution in [0, 0.1) is 5.92 Å². The third-order valence-electron chi connectivity index (χ3n) is 5.03. The fraction of sp³-hybridized carbons (Fsp3) is 0.333. The molecule has 8 heteroatoms. The zero-order valence-electron chi connectivity index (χ0n) is 18.1. The fourth-order valence-corrected chi connectivity index (χ4v) is 3.31. The zero-order valence-corrected chi connectivity index (χ0v) is 18.1. The van der Waals surface area contributed by atoms with E-state index in [0.717, 1.165) is 25.7 Å². The van der Waals surface area contributed by atoms with Crippen LogP contribution in [0.5, 0.6) is 0 Å². The molecule has 8 nitrogen and oxygen atoms in total. The number of carboxylic acid groups (broad SMARTS) is 4. The molecule has 0 heterocycles. The normalized spacial score (nSPS) is 11.1. The molecule has 0 aliphatic rings. The van der Waals surface area contributed by atoms with Crippen molar-refractivity contribution in [1.29, 1.82) is 0 Å². The Hall–Kier alpha value is -3.68. The summed E-state index contributed by atoms with van der Waals surface area (Å²) in [6, 6.07) is 10.2. The molecular formula is C24H28O8. The lowest BCUT2D eigenvalue weighted by Crippen LogP contribution is -2.14. The van der Waals surface area contributed by atoms with Crippen molar-refractivity contribution in [3.8, 4) is 0 Å². The van der Waals surface area contributed by atoms with Crippen LogP contribution in [-0.2, 0) is 6.42 Å². The quantitative estimate of drug-likeness (QED) is 0.403. The number of rotatable bonds is 10. The third-order valence-corrected chi connectivity index (χ3v) is 5.03. The van der Waals surface area contributed by atoms with Crippen LogP contribution < -0.4 is 0 Å². The van der Waals surface area contributed by atoms with Crippen LogP contribution in [-0.4, -0.2) is 44.3 Å². The van der Waals surface area contributed by atoms with Crippen LogP contribution >= 0.6 is 0 Å². The Morgan fingerprint density at radius 1 is 0.719 bits per heavy atom. The monoisotopic (exact) mass is 444 g/mol. The predicted octanol–water partition coefficient (Wildman–Crippen LogP) is 4.92. The van der Waals surface area contributed by atoms with Crippen molar-refractivity contribution in [3.63, 3.8) is 0 Å². The summed E-state index contributed by atoms with van der Waals surface area (Å²) in [7, 11) is 0. The van der Waals surface area contributed by atoms with E-state index < -0.39 is 23.9 Å². The van der Waals surface area contributed by atoms with E-state index in [9.17, 15) is 24.3 Å². The minimum Gasteiger partial charge on any atom is -0.478 e. The largest absolute Gasteiger partial charge is 0.478 e. The molecule has 1 atom stereocenters. The maximum absolute atomic E-state index is 11.4. The van der Waals surface area contributed by atoms with Gasteiger partial charge in [0.2, 0.25) is 0 Å². The molecule has 172 valence electrons. The summed E-state index contributed by atoms with van der Waals surface area (Å²) in [5, 5.41) is 35.5. The van der Waals surface area contributed by atoms with Gasteiger partial charge in [-0.2, -0.15) is 0 Å². The Morgan fingerprint density at radius 2 is 1.22 bits per heavy atom. The van der Waals surface area contributed by atoms with E-state index in [1.807, 2.05) is 0 Å². The van der Waals surface area contributed by atoms with Gasteiger partial charge in [0.05, 0.1) is 22.3 Å². The number of benzene rings is 2. The zero-order chi connectivity index (χ0) is 24.3. The highest BCUT2D eigenvalue weighted by Crippen LogP contribution is 2.23. The lowest BCUT2D eigenvalue weighted by atomic mass is 9.88. The summed E-state index contributed by atoms with van der Waals surface area (Å²) in [5.74, 6) is -4.41. The number of carboxylic acids is 4. The third kappa shape index (κ3) is 7.54. The predicted molar refractivity (Wildman–Crippen MR) is 118 cm³/mol. The van der Waals surface area contributed by atoms with E-state index in [1.165, 1.54) is 30.3 Å². The van der Waals surface area contributed by atoms with Gasteiger partial charge in [-0.25, -0.2) is 19.2 Å². The molecule has 0 aliphatic carbocycles. The minimum atomic E-state index is -1.23. The van der Waals surface area contributed by atoms with Gasteiger partial charge in [0.1, 0.15) is 0 Å². The van der Waals surface area contributed by atoms with Crippen LogP contribution in [0.4, 0.5) is 0 Å². The molecular weight excluding hydrogens is 416 g/mol. The molecule has 0 saturated carbocycles. The van der Waals surface area contributed by atoms with Crippen molar-refractivity contribution in [3.05, 3.63) is 70.3 Å². The molecule has 0 bridgehead atoms. The second-order valence-electron chi connectivity index (χ2n) is 7.23. The molecule has 2 aromatic carbocycles. The van der Waals surface area contributed by atoms with E-state index in [-0.39, 0.29) is 22.3 Å². The minimum absolute atomic E-state index is 0.0602. The highest BCUT2D eigenvalue weighted by molar-refractivity contribution is 6.03. The first-order valence-corrected chi connectivity index (χ1v) is 10.3. The van der Waals surface area contributed by atoms with Gasteiger partial charge in [0.25, 0.3) is 0 Å². The van der Waals surface area contributed by atoms with Crippen LogP contribution in [0.1, 0.15) is 86.5 Å². The second kappa shape index (κ2) is 12.9. The summed E-state index contributed by atoms with van der Waals surface area (Å²) >= 11 is 0. The summed E-state index contributed by atoms with van der Waals surface area (Å²) < 4.78 is 0. The Kier molecular flexibility index (Phi) is 10.6. The Morgan fingerprint density at radius 3 is 1.62 bits per heavy atom. The Bertz CT molecular complexity index is 931. The van der Waals surface area contributed by atoms with Gasteiger partial charge in [0, 0.05) is 0 Å². The molecule has 0 radical (unpaired) electrons. The Balaban J connectivity index is 0.000000363. The van der Waals surface area contributed by atoms with Gasteiger partial charge in [-0.15, -0.1) is 0 Å². The van der Waals surface area contributed by atoms with E-state index >= 15 is 0 Å². The smallest absolute Gasteiger partial charge is 0.336 e. The highest BCUT2D eigenvalue weighted by Gasteiger charge is 2.21. The van der Waals surface area contributed by atoms with Crippen molar-refractivity contribution in [1.82, 2.24) is 0 Å². The van der Waals surface area contributed by atoms with Gasteiger partial charge >= 0.3 is 23.9 Å². The molecule has 0 aromatic heterocycles. The van der Waals surface area contributed by atoms with E-state index in [4.69, 9.17) is 15.3 Å². The molecule has 0 fully saturated rings. The van der Waals surface area contributed by atoms with Gasteiger partial charge in [-0.05, 0) is 36.1 Å². The maximum atomic E-state index is 11.4. The SMILES string of the molecule is CCCCC(CC)Cc1cccc(C(=O)O)c1C(=O)O.O=C(O)c1ccccc1C(=O)O. The first kappa shape index (κ1) is 26.4. The van der Waals surface area contributed by atoms with Crippen LogP contribution in [0.25, 0.3) is 0 Å². The number of aromatic carboxylic acids is 4. The lowest BCUT2D eigenvalue weighted by Gasteiger charge is -2.16.